The van der Waals surface area contributed by atoms with E-state index < -0.39 is 21.3 Å². The van der Waals surface area contributed by atoms with Gasteiger partial charge in [0, 0.05) is 36.3 Å². The zero-order valence-corrected chi connectivity index (χ0v) is 20.3. The molecule has 1 amide bonds. The molecule has 2 fully saturated rings. The molecule has 178 valence electrons. The number of carbonyl (C=O) groups excluding carboxylic acids is 1. The average Bonchev–Trinajstić information content (AvgIpc) is 3.00. The van der Waals surface area contributed by atoms with Crippen LogP contribution in [0.1, 0.15) is 39.5 Å². The number of aromatic nitrogens is 1. The molecule has 0 aliphatic carbocycles. The molecular weight excluding hydrogens is 469 g/mol. The molecule has 0 radical (unpaired) electrons. The molecule has 3 atom stereocenters. The highest BCUT2D eigenvalue weighted by Gasteiger charge is 2.43. The van der Waals surface area contributed by atoms with Crippen molar-refractivity contribution in [1.82, 2.24) is 10.3 Å². The molecule has 2 saturated heterocycles. The van der Waals surface area contributed by atoms with Crippen molar-refractivity contribution in [2.75, 3.05) is 11.2 Å². The summed E-state index contributed by atoms with van der Waals surface area (Å²) < 4.78 is 43.1. The number of pyridine rings is 1. The number of nitrogens with one attached hydrogen (secondary N) is 1. The number of halogens is 2. The number of hydrogen-bond acceptors (Lipinski definition) is 6. The van der Waals surface area contributed by atoms with Crippen LogP contribution in [0.5, 0.6) is 5.88 Å². The van der Waals surface area contributed by atoms with Crippen molar-refractivity contribution < 1.29 is 22.3 Å². The number of nitrogens with zero attached hydrogens (tertiary/aromatic N) is 2. The minimum atomic E-state index is -3.24. The summed E-state index contributed by atoms with van der Waals surface area (Å²) >= 11 is 5.73. The van der Waals surface area contributed by atoms with Crippen LogP contribution in [0.15, 0.2) is 41.4 Å². The van der Waals surface area contributed by atoms with Crippen molar-refractivity contribution in [2.45, 2.75) is 68.2 Å². The summed E-state index contributed by atoms with van der Waals surface area (Å²) in [6.07, 6.45) is 6.00. The van der Waals surface area contributed by atoms with Crippen molar-refractivity contribution in [3.8, 4) is 5.88 Å². The van der Waals surface area contributed by atoms with Crippen LogP contribution in [0.25, 0.3) is 0 Å². The molecule has 2 aromatic rings. The molecule has 2 aliphatic rings. The number of piperidine rings is 1. The van der Waals surface area contributed by atoms with Gasteiger partial charge in [-0.25, -0.2) is 17.8 Å². The average molecular weight is 496 g/mol. The summed E-state index contributed by atoms with van der Waals surface area (Å²) in [5, 5.41) is 3.21. The van der Waals surface area contributed by atoms with E-state index in [2.05, 4.69) is 15.2 Å². The number of carbonyl (C=O) groups is 1. The lowest BCUT2D eigenvalue weighted by atomic mass is 9.95. The van der Waals surface area contributed by atoms with Crippen LogP contribution in [0.2, 0.25) is 5.02 Å². The van der Waals surface area contributed by atoms with Gasteiger partial charge in [0.1, 0.15) is 0 Å². The third kappa shape index (κ3) is 5.09. The maximum atomic E-state index is 14.1. The minimum absolute atomic E-state index is 0.0348. The quantitative estimate of drug-likeness (QED) is 0.656. The number of ether oxygens (including phenoxy) is 1. The Balaban J connectivity index is 1.41. The van der Waals surface area contributed by atoms with E-state index in [9.17, 15) is 17.6 Å². The topological polar surface area (TPSA) is 88.6 Å². The maximum absolute atomic E-state index is 14.1. The van der Waals surface area contributed by atoms with Gasteiger partial charge < -0.3 is 15.0 Å². The van der Waals surface area contributed by atoms with Gasteiger partial charge in [0.25, 0.3) is 11.8 Å². The largest absolute Gasteiger partial charge is 0.459 e. The van der Waals surface area contributed by atoms with Gasteiger partial charge in [0.05, 0.1) is 9.92 Å². The van der Waals surface area contributed by atoms with Gasteiger partial charge >= 0.3 is 0 Å². The van der Waals surface area contributed by atoms with E-state index in [0.717, 1.165) is 37.4 Å². The number of rotatable bonds is 6. The lowest BCUT2D eigenvalue weighted by Crippen LogP contribution is -2.55. The van der Waals surface area contributed by atoms with Gasteiger partial charge in [-0.3, -0.25) is 4.79 Å². The number of sulfone groups is 1. The Labute approximate surface area is 198 Å². The smallest absolute Gasteiger partial charge is 0.263 e. The maximum Gasteiger partial charge on any atom is 0.263 e. The van der Waals surface area contributed by atoms with E-state index in [-0.39, 0.29) is 34.9 Å². The summed E-state index contributed by atoms with van der Waals surface area (Å²) in [5.41, 5.74) is -0.327. The van der Waals surface area contributed by atoms with Crippen LogP contribution in [-0.4, -0.2) is 49.3 Å². The fourth-order valence-electron chi connectivity index (χ4n) is 4.71. The third-order valence-electron chi connectivity index (χ3n) is 6.30. The molecule has 10 heteroatoms. The number of amides is 1. The van der Waals surface area contributed by atoms with Gasteiger partial charge in [-0.2, -0.15) is 0 Å². The Morgan fingerprint density at radius 2 is 1.82 bits per heavy atom. The second kappa shape index (κ2) is 8.76. The summed E-state index contributed by atoms with van der Waals surface area (Å²) in [4.78, 5) is 19.4. The van der Waals surface area contributed by atoms with E-state index in [4.69, 9.17) is 16.3 Å². The highest BCUT2D eigenvalue weighted by Crippen LogP contribution is 2.39. The minimum Gasteiger partial charge on any atom is -0.459 e. The van der Waals surface area contributed by atoms with Crippen LogP contribution < -0.4 is 15.0 Å². The van der Waals surface area contributed by atoms with E-state index in [0.29, 0.717) is 4.90 Å². The first-order chi connectivity index (χ1) is 15.4. The normalized spacial score (nSPS) is 22.8. The van der Waals surface area contributed by atoms with Crippen molar-refractivity contribution >= 4 is 33.0 Å². The Hall–Kier alpha value is -2.39. The predicted molar refractivity (Wildman–Crippen MR) is 124 cm³/mol. The molecule has 0 spiro atoms. The fourth-order valence-corrected chi connectivity index (χ4v) is 5.48. The molecule has 1 aromatic carbocycles. The first-order valence-electron chi connectivity index (χ1n) is 10.8. The number of fused-ring (bicyclic) bond motifs is 2. The molecule has 7 nitrogen and oxygen atoms in total. The Morgan fingerprint density at radius 3 is 2.36 bits per heavy atom. The van der Waals surface area contributed by atoms with Crippen LogP contribution in [0.4, 0.5) is 10.1 Å². The molecule has 1 unspecified atom stereocenters. The molecule has 3 heterocycles. The van der Waals surface area contributed by atoms with E-state index in [1.807, 2.05) is 12.1 Å². The highest BCUT2D eigenvalue weighted by molar-refractivity contribution is 7.90. The Morgan fingerprint density at radius 1 is 1.21 bits per heavy atom. The van der Waals surface area contributed by atoms with Crippen LogP contribution in [0.3, 0.4) is 0 Å². The summed E-state index contributed by atoms with van der Waals surface area (Å²) in [7, 11) is -3.24. The first kappa shape index (κ1) is 23.8. The second-order valence-electron chi connectivity index (χ2n) is 9.25. The van der Waals surface area contributed by atoms with E-state index >= 15 is 0 Å². The monoisotopic (exact) mass is 495 g/mol. The third-order valence-corrected chi connectivity index (χ3v) is 7.64. The highest BCUT2D eigenvalue weighted by atomic mass is 35.5. The fraction of sp³-hybridized carbons (Fsp3) is 0.478. The molecule has 33 heavy (non-hydrogen) atoms. The van der Waals surface area contributed by atoms with Crippen LogP contribution >= 0.6 is 11.6 Å². The van der Waals surface area contributed by atoms with Gasteiger partial charge in [0.2, 0.25) is 0 Å². The first-order valence-corrected chi connectivity index (χ1v) is 13.1. The zero-order chi connectivity index (χ0) is 24.0. The Kier molecular flexibility index (Phi) is 6.30. The molecule has 1 N–H and O–H groups in total. The van der Waals surface area contributed by atoms with Crippen molar-refractivity contribution in [2.24, 2.45) is 0 Å². The van der Waals surface area contributed by atoms with Crippen LogP contribution in [0, 0.1) is 5.82 Å². The standard InChI is InChI=1S/C23H27ClFN3O4S/c1-23(2,32-21-20(25)10-14(24)13-26-21)22(29)27-15-11-17-4-5-18(12-15)28(17)16-6-8-19(9-7-16)33(3,30)31/h6-10,13,15,17-18H,4-5,11-12H2,1-3H3,(H,27,29)/t15?,17-,18+. The van der Waals surface area contributed by atoms with Gasteiger partial charge in [-0.15, -0.1) is 0 Å². The number of hydrogen-bond donors (Lipinski definition) is 1. The lowest BCUT2D eigenvalue weighted by Gasteiger charge is -2.41. The second-order valence-corrected chi connectivity index (χ2v) is 11.7. The van der Waals surface area contributed by atoms with Crippen molar-refractivity contribution in [1.29, 1.82) is 0 Å². The zero-order valence-electron chi connectivity index (χ0n) is 18.7. The predicted octanol–water partition coefficient (Wildman–Crippen LogP) is 3.75. The molecule has 2 aliphatic heterocycles. The van der Waals surface area contributed by atoms with Crippen LogP contribution in [-0.2, 0) is 14.6 Å². The molecule has 1 aromatic heterocycles. The van der Waals surface area contributed by atoms with E-state index in [1.54, 1.807) is 26.0 Å². The molecule has 2 bridgehead atoms. The SMILES string of the molecule is CC(C)(Oc1ncc(Cl)cc1F)C(=O)NC1C[C@H]2CC[C@@H](C1)N2c1ccc(S(C)(=O)=O)cc1. The van der Waals surface area contributed by atoms with Gasteiger partial charge in [-0.05, 0) is 69.9 Å². The van der Waals surface area contributed by atoms with Crippen molar-refractivity contribution in [3.05, 3.63) is 47.4 Å². The van der Waals surface area contributed by atoms with Crippen molar-refractivity contribution in [3.63, 3.8) is 0 Å². The number of benzene rings is 1. The summed E-state index contributed by atoms with van der Waals surface area (Å²) in [6, 6.07) is 8.54. The van der Waals surface area contributed by atoms with Gasteiger partial charge in [-0.1, -0.05) is 11.6 Å². The van der Waals surface area contributed by atoms with E-state index in [1.165, 1.54) is 12.5 Å². The summed E-state index contributed by atoms with van der Waals surface area (Å²) in [5.74, 6) is -1.34. The summed E-state index contributed by atoms with van der Waals surface area (Å²) in [6.45, 7) is 3.15. The lowest BCUT2D eigenvalue weighted by molar-refractivity contribution is -0.135. The molecule has 4 rings (SSSR count). The number of anilines is 1. The Bertz CT molecular complexity index is 1140. The van der Waals surface area contributed by atoms with Gasteiger partial charge in [0.15, 0.2) is 21.3 Å². The molecular formula is C23H27ClFN3O4S. The molecule has 0 saturated carbocycles.